The van der Waals surface area contributed by atoms with E-state index < -0.39 is 0 Å². The second kappa shape index (κ2) is 4.03. The Hall–Kier alpha value is 0.0338. The van der Waals surface area contributed by atoms with Gasteiger partial charge in [0.2, 0.25) is 0 Å². The van der Waals surface area contributed by atoms with Crippen molar-refractivity contribution >= 4 is 20.1 Å². The Morgan fingerprint density at radius 2 is 1.30 bits per heavy atom. The molecule has 0 radical (unpaired) electrons. The first-order chi connectivity index (χ1) is 4.88. The van der Waals surface area contributed by atoms with Gasteiger partial charge in [-0.3, -0.25) is 0 Å². The van der Waals surface area contributed by atoms with E-state index in [9.17, 15) is 0 Å². The predicted octanol–water partition coefficient (Wildman–Crippen LogP) is -0.0690. The highest BCUT2D eigenvalue weighted by molar-refractivity contribution is 5.93. The molecule has 1 aliphatic rings. The van der Waals surface area contributed by atoms with Crippen LogP contribution in [0.5, 0.6) is 0 Å². The van der Waals surface area contributed by atoms with Crippen molar-refractivity contribution in [3.05, 3.63) is 0 Å². The summed E-state index contributed by atoms with van der Waals surface area (Å²) in [6.45, 7) is 0. The second-order valence-corrected chi connectivity index (χ2v) is 3.51. The highest BCUT2D eigenvalue weighted by Gasteiger charge is 2.20. The standard InChI is InChI=1S/C6H14N2Si2/c9-7-5-3-1-2-4-6(5)8-10/h5-6H,1-4,9-10H2. The summed E-state index contributed by atoms with van der Waals surface area (Å²) in [4.78, 5) is 0. The summed E-state index contributed by atoms with van der Waals surface area (Å²) in [5.74, 6) is 0. The first kappa shape index (κ1) is 8.13. The molecular weight excluding hydrogens is 156 g/mol. The van der Waals surface area contributed by atoms with Crippen molar-refractivity contribution in [1.82, 2.24) is 0 Å². The minimum Gasteiger partial charge on any atom is -0.339 e. The van der Waals surface area contributed by atoms with Gasteiger partial charge in [-0.05, 0) is 12.8 Å². The first-order valence-electron chi connectivity index (χ1n) is 3.80. The molecule has 1 saturated carbocycles. The van der Waals surface area contributed by atoms with Gasteiger partial charge in [0, 0.05) is 0 Å². The van der Waals surface area contributed by atoms with E-state index in [2.05, 4.69) is 9.27 Å². The van der Waals surface area contributed by atoms with Crippen LogP contribution < -0.4 is 0 Å². The summed E-state index contributed by atoms with van der Waals surface area (Å²) >= 11 is 0. The van der Waals surface area contributed by atoms with Crippen LogP contribution in [-0.4, -0.2) is 32.2 Å². The Kier molecular flexibility index (Phi) is 3.27. The molecule has 0 spiro atoms. The molecule has 2 unspecified atom stereocenters. The van der Waals surface area contributed by atoms with Crippen molar-refractivity contribution in [1.29, 1.82) is 0 Å². The zero-order valence-electron chi connectivity index (χ0n) is 6.29. The zero-order valence-corrected chi connectivity index (χ0v) is 9.12. The van der Waals surface area contributed by atoms with Crippen LogP contribution >= 0.6 is 0 Å². The van der Waals surface area contributed by atoms with Crippen molar-refractivity contribution in [2.75, 3.05) is 0 Å². The van der Waals surface area contributed by atoms with Crippen LogP contribution in [0, 0.1) is 0 Å². The Labute approximate surface area is 67.7 Å². The molecule has 2 nitrogen and oxygen atoms in total. The van der Waals surface area contributed by atoms with Gasteiger partial charge in [-0.15, -0.1) is 0 Å². The smallest absolute Gasteiger partial charge is 0.0893 e. The molecule has 0 aromatic heterocycles. The highest BCUT2D eigenvalue weighted by atomic mass is 28.1. The van der Waals surface area contributed by atoms with E-state index in [0.717, 1.165) is 0 Å². The Morgan fingerprint density at radius 3 is 1.60 bits per heavy atom. The molecule has 10 heavy (non-hydrogen) atoms. The number of rotatable bonds is 2. The molecule has 1 aliphatic carbocycles. The maximum absolute atomic E-state index is 4.34. The summed E-state index contributed by atoms with van der Waals surface area (Å²) in [6, 6.07) is 1.09. The number of hydrogen-bond donors (Lipinski definition) is 0. The van der Waals surface area contributed by atoms with Gasteiger partial charge in [0.25, 0.3) is 0 Å². The van der Waals surface area contributed by atoms with E-state index in [1.165, 1.54) is 25.7 Å². The van der Waals surface area contributed by atoms with E-state index in [4.69, 9.17) is 0 Å². The third kappa shape index (κ3) is 1.76. The van der Waals surface area contributed by atoms with Gasteiger partial charge in [-0.2, -0.15) is 0 Å². The third-order valence-corrected chi connectivity index (χ3v) is 3.10. The quantitative estimate of drug-likeness (QED) is 0.518. The van der Waals surface area contributed by atoms with E-state index in [-0.39, 0.29) is 0 Å². The van der Waals surface area contributed by atoms with E-state index in [1.807, 2.05) is 0 Å². The van der Waals surface area contributed by atoms with Crippen LogP contribution in [0.15, 0.2) is 9.27 Å². The molecular formula is C6H14N2Si2. The van der Waals surface area contributed by atoms with Crippen LogP contribution in [0.1, 0.15) is 25.7 Å². The van der Waals surface area contributed by atoms with Gasteiger partial charge < -0.3 is 9.27 Å². The molecule has 1 rings (SSSR count). The van der Waals surface area contributed by atoms with Crippen LogP contribution in [0.3, 0.4) is 0 Å². The largest absolute Gasteiger partial charge is 0.339 e. The van der Waals surface area contributed by atoms with E-state index >= 15 is 0 Å². The fraction of sp³-hybridized carbons (Fsp3) is 1.00. The minimum absolute atomic E-state index is 0.546. The fourth-order valence-electron chi connectivity index (χ4n) is 1.52. The molecule has 0 amide bonds. The van der Waals surface area contributed by atoms with Crippen molar-refractivity contribution in [2.24, 2.45) is 9.27 Å². The molecule has 0 heterocycles. The van der Waals surface area contributed by atoms with Gasteiger partial charge in [0.1, 0.15) is 0 Å². The highest BCUT2D eigenvalue weighted by Crippen LogP contribution is 2.22. The summed E-state index contributed by atoms with van der Waals surface area (Å²) in [5, 5.41) is 0. The maximum atomic E-state index is 4.34. The summed E-state index contributed by atoms with van der Waals surface area (Å²) in [7, 11) is 3.46. The van der Waals surface area contributed by atoms with Crippen molar-refractivity contribution in [3.8, 4) is 0 Å². The lowest BCUT2D eigenvalue weighted by atomic mass is 9.92. The average Bonchev–Trinajstić information content (AvgIpc) is 2.04. The monoisotopic (exact) mass is 170 g/mol. The summed E-state index contributed by atoms with van der Waals surface area (Å²) in [6.07, 6.45) is 5.22. The molecule has 56 valence electrons. The van der Waals surface area contributed by atoms with Crippen molar-refractivity contribution < 1.29 is 0 Å². The molecule has 0 saturated heterocycles. The SMILES string of the molecule is [SiH2]=NC1CCCCC1N=[SiH2]. The lowest BCUT2D eigenvalue weighted by Crippen LogP contribution is -2.26. The van der Waals surface area contributed by atoms with E-state index in [0.29, 0.717) is 12.1 Å². The van der Waals surface area contributed by atoms with Gasteiger partial charge in [-0.1, -0.05) is 12.8 Å². The Bertz CT molecular complexity index is 122. The lowest BCUT2D eigenvalue weighted by molar-refractivity contribution is 0.393. The topological polar surface area (TPSA) is 24.7 Å². The van der Waals surface area contributed by atoms with Crippen LogP contribution in [-0.2, 0) is 0 Å². The maximum Gasteiger partial charge on any atom is 0.0893 e. The van der Waals surface area contributed by atoms with Crippen molar-refractivity contribution in [3.63, 3.8) is 0 Å². The van der Waals surface area contributed by atoms with Gasteiger partial charge >= 0.3 is 0 Å². The second-order valence-electron chi connectivity index (χ2n) is 2.78. The third-order valence-electron chi connectivity index (χ3n) is 2.16. The number of hydrogen-bond acceptors (Lipinski definition) is 2. The van der Waals surface area contributed by atoms with Crippen LogP contribution in [0.4, 0.5) is 0 Å². The number of nitrogens with zero attached hydrogens (tertiary/aromatic N) is 2. The molecule has 0 N–H and O–H groups in total. The van der Waals surface area contributed by atoms with Gasteiger partial charge in [0.05, 0.1) is 32.2 Å². The Balaban J connectivity index is 2.49. The molecule has 4 heteroatoms. The van der Waals surface area contributed by atoms with Gasteiger partial charge in [0.15, 0.2) is 0 Å². The normalized spacial score (nSPS) is 33.2. The predicted molar refractivity (Wildman–Crippen MR) is 48.0 cm³/mol. The van der Waals surface area contributed by atoms with E-state index in [1.54, 1.807) is 20.1 Å². The summed E-state index contributed by atoms with van der Waals surface area (Å²) in [5.41, 5.74) is 0. The zero-order chi connectivity index (χ0) is 7.40. The first-order valence-corrected chi connectivity index (χ1v) is 5.06. The van der Waals surface area contributed by atoms with Crippen LogP contribution in [0.2, 0.25) is 0 Å². The molecule has 2 atom stereocenters. The molecule has 0 aromatic carbocycles. The van der Waals surface area contributed by atoms with Crippen LogP contribution in [0.25, 0.3) is 0 Å². The lowest BCUT2D eigenvalue weighted by Gasteiger charge is -2.25. The fourth-order valence-corrected chi connectivity index (χ4v) is 2.37. The molecule has 1 fully saturated rings. The summed E-state index contributed by atoms with van der Waals surface area (Å²) < 4.78 is 8.68. The molecule has 0 bridgehead atoms. The Morgan fingerprint density at radius 1 is 0.900 bits per heavy atom. The van der Waals surface area contributed by atoms with Crippen molar-refractivity contribution in [2.45, 2.75) is 37.8 Å². The average molecular weight is 170 g/mol. The molecule has 0 aliphatic heterocycles. The van der Waals surface area contributed by atoms with Gasteiger partial charge in [-0.25, -0.2) is 0 Å². The minimum atomic E-state index is 0.546. The molecule has 0 aromatic rings.